The molecule has 0 saturated carbocycles. The minimum atomic E-state index is -0.425. The molecule has 0 atom stereocenters. The van der Waals surface area contributed by atoms with Crippen LogP contribution in [0.25, 0.3) is 39.5 Å². The Kier molecular flexibility index (Phi) is 5.02. The van der Waals surface area contributed by atoms with E-state index < -0.39 is 5.97 Å². The van der Waals surface area contributed by atoms with E-state index in [9.17, 15) is 9.18 Å². The Morgan fingerprint density at radius 3 is 2.42 bits per heavy atom. The fraction of sp³-hybridized carbons (Fsp3) is 0.0400. The number of halogens is 1. The summed E-state index contributed by atoms with van der Waals surface area (Å²) in [5.41, 5.74) is 10.6. The van der Waals surface area contributed by atoms with Gasteiger partial charge in [-0.25, -0.2) is 24.1 Å². The zero-order valence-corrected chi connectivity index (χ0v) is 17.6. The van der Waals surface area contributed by atoms with E-state index in [0.717, 1.165) is 11.3 Å². The molecule has 0 aliphatic rings. The number of aromatic nitrogens is 4. The molecule has 0 radical (unpaired) electrons. The molecule has 5 aromatic rings. The lowest BCUT2D eigenvalue weighted by Gasteiger charge is -2.11. The Morgan fingerprint density at radius 1 is 0.970 bits per heavy atom. The van der Waals surface area contributed by atoms with Gasteiger partial charge in [0.2, 0.25) is 0 Å². The second-order valence-corrected chi connectivity index (χ2v) is 7.29. The van der Waals surface area contributed by atoms with Gasteiger partial charge in [0, 0.05) is 17.4 Å². The molecule has 3 aromatic heterocycles. The first-order valence-electron chi connectivity index (χ1n) is 10.1. The van der Waals surface area contributed by atoms with E-state index in [1.165, 1.54) is 19.2 Å². The SMILES string of the molecule is COC(=O)c1ccc(-n2c(-c3cccnc3N)nc3ccc(-c4ccc(F)cc4)nc32)cc1. The second-order valence-electron chi connectivity index (χ2n) is 7.29. The van der Waals surface area contributed by atoms with Crippen molar-refractivity contribution in [2.45, 2.75) is 0 Å². The average molecular weight is 439 g/mol. The van der Waals surface area contributed by atoms with Crippen molar-refractivity contribution in [2.75, 3.05) is 12.8 Å². The van der Waals surface area contributed by atoms with Gasteiger partial charge in [-0.15, -0.1) is 0 Å². The minimum Gasteiger partial charge on any atom is -0.465 e. The molecule has 2 aromatic carbocycles. The Balaban J connectivity index is 1.75. The van der Waals surface area contributed by atoms with E-state index in [0.29, 0.717) is 39.6 Å². The summed E-state index contributed by atoms with van der Waals surface area (Å²) in [6.07, 6.45) is 1.61. The lowest BCUT2D eigenvalue weighted by molar-refractivity contribution is 0.0600. The molecule has 33 heavy (non-hydrogen) atoms. The zero-order valence-electron chi connectivity index (χ0n) is 17.6. The van der Waals surface area contributed by atoms with Crippen LogP contribution in [0, 0.1) is 5.82 Å². The third kappa shape index (κ3) is 3.67. The van der Waals surface area contributed by atoms with Gasteiger partial charge in [-0.2, -0.15) is 0 Å². The van der Waals surface area contributed by atoms with Crippen LogP contribution in [0.4, 0.5) is 10.2 Å². The minimum absolute atomic E-state index is 0.315. The van der Waals surface area contributed by atoms with E-state index in [1.807, 2.05) is 22.8 Å². The van der Waals surface area contributed by atoms with Crippen molar-refractivity contribution >= 4 is 23.0 Å². The molecular weight excluding hydrogens is 421 g/mol. The highest BCUT2D eigenvalue weighted by atomic mass is 19.1. The molecule has 0 amide bonds. The first-order valence-corrected chi connectivity index (χ1v) is 10.1. The molecule has 0 unspecified atom stereocenters. The maximum atomic E-state index is 13.4. The van der Waals surface area contributed by atoms with Gasteiger partial charge in [0.1, 0.15) is 17.2 Å². The molecule has 0 spiro atoms. The number of fused-ring (bicyclic) bond motifs is 1. The van der Waals surface area contributed by atoms with Crippen molar-refractivity contribution in [3.05, 3.63) is 90.4 Å². The van der Waals surface area contributed by atoms with Crippen LogP contribution in [0.1, 0.15) is 10.4 Å². The summed E-state index contributed by atoms with van der Waals surface area (Å²) in [5.74, 6) is 0.152. The third-order valence-corrected chi connectivity index (χ3v) is 5.27. The number of ether oxygens (including phenoxy) is 1. The van der Waals surface area contributed by atoms with Crippen LogP contribution in [0.3, 0.4) is 0 Å². The van der Waals surface area contributed by atoms with Crippen molar-refractivity contribution in [1.29, 1.82) is 0 Å². The Bertz CT molecular complexity index is 1480. The van der Waals surface area contributed by atoms with Crippen LogP contribution in [0.5, 0.6) is 0 Å². The first kappa shape index (κ1) is 20.3. The van der Waals surface area contributed by atoms with Gasteiger partial charge in [-0.1, -0.05) is 0 Å². The van der Waals surface area contributed by atoms with E-state index in [-0.39, 0.29) is 5.82 Å². The van der Waals surface area contributed by atoms with Crippen molar-refractivity contribution in [2.24, 2.45) is 0 Å². The number of carbonyl (C=O) groups is 1. The lowest BCUT2D eigenvalue weighted by atomic mass is 10.1. The summed E-state index contributed by atoms with van der Waals surface area (Å²) in [5, 5.41) is 0. The number of nitrogens with zero attached hydrogens (tertiary/aromatic N) is 4. The quantitative estimate of drug-likeness (QED) is 0.409. The molecule has 7 nitrogen and oxygen atoms in total. The number of nitrogens with two attached hydrogens (primary N) is 1. The van der Waals surface area contributed by atoms with Gasteiger partial charge >= 0.3 is 5.97 Å². The number of carbonyl (C=O) groups excluding carboxylic acids is 1. The third-order valence-electron chi connectivity index (χ3n) is 5.27. The van der Waals surface area contributed by atoms with Gasteiger partial charge in [-0.05, 0) is 72.8 Å². The first-order chi connectivity index (χ1) is 16.0. The highest BCUT2D eigenvalue weighted by Crippen LogP contribution is 2.31. The summed E-state index contributed by atoms with van der Waals surface area (Å²) in [6, 6.07) is 20.4. The van der Waals surface area contributed by atoms with Crippen LogP contribution >= 0.6 is 0 Å². The predicted octanol–water partition coefficient (Wildman–Crippen LogP) is 4.66. The summed E-state index contributed by atoms with van der Waals surface area (Å²) >= 11 is 0. The summed E-state index contributed by atoms with van der Waals surface area (Å²) < 4.78 is 20.1. The summed E-state index contributed by atoms with van der Waals surface area (Å²) in [6.45, 7) is 0. The van der Waals surface area contributed by atoms with Crippen LogP contribution in [-0.2, 0) is 4.74 Å². The number of imidazole rings is 1. The van der Waals surface area contributed by atoms with Gasteiger partial charge in [0.05, 0.1) is 23.9 Å². The van der Waals surface area contributed by atoms with Crippen molar-refractivity contribution in [1.82, 2.24) is 19.5 Å². The molecule has 0 saturated heterocycles. The fourth-order valence-electron chi connectivity index (χ4n) is 3.63. The second kappa shape index (κ2) is 8.16. The summed E-state index contributed by atoms with van der Waals surface area (Å²) in [7, 11) is 1.34. The molecule has 0 aliphatic carbocycles. The number of methoxy groups -OCH3 is 1. The van der Waals surface area contributed by atoms with Crippen molar-refractivity contribution < 1.29 is 13.9 Å². The van der Waals surface area contributed by atoms with Gasteiger partial charge in [0.15, 0.2) is 11.5 Å². The standard InChI is InChI=1S/C25H18FN5O2/c1-33-25(32)16-6-10-18(11-7-16)31-23(19-3-2-14-28-22(19)27)30-21-13-12-20(29-24(21)31)15-4-8-17(26)9-5-15/h2-14H,1H3,(H2,27,28). The van der Waals surface area contributed by atoms with Gasteiger partial charge in [-0.3, -0.25) is 4.57 Å². The van der Waals surface area contributed by atoms with E-state index in [4.69, 9.17) is 20.4 Å². The van der Waals surface area contributed by atoms with Gasteiger partial charge < -0.3 is 10.5 Å². The molecule has 2 N–H and O–H groups in total. The van der Waals surface area contributed by atoms with E-state index in [2.05, 4.69) is 4.98 Å². The fourth-order valence-corrected chi connectivity index (χ4v) is 3.63. The molecular formula is C25H18FN5O2. The average Bonchev–Trinajstić information content (AvgIpc) is 3.23. The van der Waals surface area contributed by atoms with Crippen LogP contribution < -0.4 is 5.73 Å². The summed E-state index contributed by atoms with van der Waals surface area (Å²) in [4.78, 5) is 25.7. The Hall–Kier alpha value is -4.59. The molecule has 3 heterocycles. The zero-order chi connectivity index (χ0) is 22.9. The highest BCUT2D eigenvalue weighted by molar-refractivity contribution is 5.90. The Labute approximate surface area is 188 Å². The Morgan fingerprint density at radius 2 is 1.73 bits per heavy atom. The largest absolute Gasteiger partial charge is 0.465 e. The topological polar surface area (TPSA) is 95.9 Å². The normalized spacial score (nSPS) is 11.0. The van der Waals surface area contributed by atoms with Crippen molar-refractivity contribution in [3.63, 3.8) is 0 Å². The maximum Gasteiger partial charge on any atom is 0.337 e. The number of hydrogen-bond acceptors (Lipinski definition) is 6. The molecule has 0 bridgehead atoms. The van der Waals surface area contributed by atoms with Crippen LogP contribution in [-0.4, -0.2) is 32.6 Å². The number of benzene rings is 2. The monoisotopic (exact) mass is 439 g/mol. The number of esters is 1. The predicted molar refractivity (Wildman–Crippen MR) is 123 cm³/mol. The molecule has 0 fully saturated rings. The number of anilines is 1. The van der Waals surface area contributed by atoms with Gasteiger partial charge in [0.25, 0.3) is 0 Å². The highest BCUT2D eigenvalue weighted by Gasteiger charge is 2.19. The van der Waals surface area contributed by atoms with Crippen LogP contribution in [0.15, 0.2) is 79.0 Å². The lowest BCUT2D eigenvalue weighted by Crippen LogP contribution is -2.04. The van der Waals surface area contributed by atoms with E-state index >= 15 is 0 Å². The molecule has 8 heteroatoms. The maximum absolute atomic E-state index is 13.4. The number of nitrogen functional groups attached to an aromatic ring is 1. The number of hydrogen-bond donors (Lipinski definition) is 1. The molecule has 162 valence electrons. The number of rotatable bonds is 4. The van der Waals surface area contributed by atoms with E-state index in [1.54, 1.807) is 48.7 Å². The van der Waals surface area contributed by atoms with Crippen molar-refractivity contribution in [3.8, 4) is 28.3 Å². The molecule has 5 rings (SSSR count). The number of pyridine rings is 2. The smallest absolute Gasteiger partial charge is 0.337 e. The van der Waals surface area contributed by atoms with Crippen LogP contribution in [0.2, 0.25) is 0 Å². The molecule has 0 aliphatic heterocycles.